The lowest BCUT2D eigenvalue weighted by molar-refractivity contribution is -0.135. The lowest BCUT2D eigenvalue weighted by atomic mass is 9.97. The van der Waals surface area contributed by atoms with Gasteiger partial charge in [0.05, 0.1) is 17.0 Å². The lowest BCUT2D eigenvalue weighted by Gasteiger charge is -2.31. The molecule has 25 heavy (non-hydrogen) atoms. The molecule has 0 spiro atoms. The number of thioether (sulfide) groups is 1. The first-order valence-corrected chi connectivity index (χ1v) is 8.81. The molecule has 0 saturated carbocycles. The molecular weight excluding hydrogens is 350 g/mol. The Hall–Kier alpha value is -2.16. The normalized spacial score (nSPS) is 18.0. The standard InChI is InChI=1S/C16H18F2N4O2S/c17-15(18)25-16-20-11-5-1-2-6-12(11)22(16)9-13(23)21-7-3-4-10(8-21)14(19)24/h1-2,5-6,10,15H,3-4,7-9H2,(H2,19,24). The molecular formula is C16H18F2N4O2S. The molecule has 1 aliphatic rings. The number of carbonyl (C=O) groups excluding carboxylic acids is 2. The number of carbonyl (C=O) groups is 2. The third kappa shape index (κ3) is 3.92. The molecule has 2 aromatic rings. The first-order chi connectivity index (χ1) is 12.0. The van der Waals surface area contributed by atoms with Crippen molar-refractivity contribution < 1.29 is 18.4 Å². The summed E-state index contributed by atoms with van der Waals surface area (Å²) < 4.78 is 27.2. The number of hydrogen-bond acceptors (Lipinski definition) is 4. The summed E-state index contributed by atoms with van der Waals surface area (Å²) in [5.41, 5.74) is 6.53. The van der Waals surface area contributed by atoms with Crippen LogP contribution in [0.4, 0.5) is 8.78 Å². The average Bonchev–Trinajstić information content (AvgIpc) is 2.91. The van der Waals surface area contributed by atoms with Gasteiger partial charge in [0, 0.05) is 13.1 Å². The Labute approximate surface area is 147 Å². The summed E-state index contributed by atoms with van der Waals surface area (Å²) in [5.74, 6) is -3.63. The van der Waals surface area contributed by atoms with Gasteiger partial charge in [-0.05, 0) is 36.7 Å². The van der Waals surface area contributed by atoms with Crippen molar-refractivity contribution in [2.75, 3.05) is 13.1 Å². The van der Waals surface area contributed by atoms with Gasteiger partial charge in [-0.25, -0.2) is 4.98 Å². The molecule has 0 radical (unpaired) electrons. The summed E-state index contributed by atoms with van der Waals surface area (Å²) >= 11 is 0.319. The van der Waals surface area contributed by atoms with Crippen LogP contribution in [0.3, 0.4) is 0 Å². The minimum Gasteiger partial charge on any atom is -0.369 e. The Morgan fingerprint density at radius 1 is 1.36 bits per heavy atom. The number of piperidine rings is 1. The number of imidazole rings is 1. The van der Waals surface area contributed by atoms with Gasteiger partial charge < -0.3 is 15.2 Å². The molecule has 0 aliphatic carbocycles. The summed E-state index contributed by atoms with van der Waals surface area (Å²) in [6, 6.07) is 7.00. The van der Waals surface area contributed by atoms with Gasteiger partial charge in [-0.1, -0.05) is 12.1 Å². The van der Waals surface area contributed by atoms with Crippen molar-refractivity contribution in [3.63, 3.8) is 0 Å². The van der Waals surface area contributed by atoms with Crippen LogP contribution in [0.2, 0.25) is 0 Å². The SMILES string of the molecule is NC(=O)C1CCCN(C(=O)Cn2c(SC(F)F)nc3ccccc32)C1. The zero-order valence-corrected chi connectivity index (χ0v) is 14.2. The van der Waals surface area contributed by atoms with Crippen LogP contribution in [-0.2, 0) is 16.1 Å². The number of nitrogens with zero attached hydrogens (tertiary/aromatic N) is 3. The Bertz CT molecular complexity index is 796. The summed E-state index contributed by atoms with van der Waals surface area (Å²) in [5, 5.41) is 0.105. The van der Waals surface area contributed by atoms with E-state index in [1.165, 1.54) is 4.57 Å². The van der Waals surface area contributed by atoms with Crippen LogP contribution < -0.4 is 5.73 Å². The predicted molar refractivity (Wildman–Crippen MR) is 90.1 cm³/mol. The number of halogens is 2. The maximum atomic E-state index is 12.8. The molecule has 134 valence electrons. The molecule has 1 saturated heterocycles. The lowest BCUT2D eigenvalue weighted by Crippen LogP contribution is -2.45. The van der Waals surface area contributed by atoms with E-state index in [9.17, 15) is 18.4 Å². The van der Waals surface area contributed by atoms with Crippen LogP contribution in [-0.4, -0.2) is 45.1 Å². The van der Waals surface area contributed by atoms with Crippen LogP contribution in [0.15, 0.2) is 29.4 Å². The third-order valence-electron chi connectivity index (χ3n) is 4.28. The van der Waals surface area contributed by atoms with Crippen LogP contribution in [0.1, 0.15) is 12.8 Å². The topological polar surface area (TPSA) is 81.2 Å². The largest absolute Gasteiger partial charge is 0.369 e. The van der Waals surface area contributed by atoms with Crippen LogP contribution in [0, 0.1) is 5.92 Å². The number of fused-ring (bicyclic) bond motifs is 1. The van der Waals surface area contributed by atoms with Crippen molar-refractivity contribution in [3.8, 4) is 0 Å². The molecule has 1 atom stereocenters. The molecule has 1 fully saturated rings. The first-order valence-electron chi connectivity index (χ1n) is 7.93. The number of amides is 2. The van der Waals surface area contributed by atoms with Crippen LogP contribution in [0.5, 0.6) is 0 Å². The van der Waals surface area contributed by atoms with Gasteiger partial charge in [-0.3, -0.25) is 9.59 Å². The highest BCUT2D eigenvalue weighted by Crippen LogP contribution is 2.29. The van der Waals surface area contributed by atoms with E-state index in [4.69, 9.17) is 5.73 Å². The van der Waals surface area contributed by atoms with Crippen molar-refractivity contribution in [1.82, 2.24) is 14.5 Å². The quantitative estimate of drug-likeness (QED) is 0.820. The molecule has 2 N–H and O–H groups in total. The van der Waals surface area contributed by atoms with Gasteiger partial charge in [0.1, 0.15) is 6.54 Å². The molecule has 3 rings (SSSR count). The van der Waals surface area contributed by atoms with Crippen molar-refractivity contribution >= 4 is 34.6 Å². The van der Waals surface area contributed by atoms with E-state index in [1.54, 1.807) is 29.2 Å². The van der Waals surface area contributed by atoms with E-state index < -0.39 is 11.7 Å². The maximum Gasteiger partial charge on any atom is 0.291 e. The van der Waals surface area contributed by atoms with Gasteiger partial charge >= 0.3 is 0 Å². The monoisotopic (exact) mass is 368 g/mol. The predicted octanol–water partition coefficient (Wildman–Crippen LogP) is 2.07. The fraction of sp³-hybridized carbons (Fsp3) is 0.438. The molecule has 1 aromatic carbocycles. The second-order valence-electron chi connectivity index (χ2n) is 5.93. The summed E-state index contributed by atoms with van der Waals surface area (Å²) in [4.78, 5) is 29.8. The van der Waals surface area contributed by atoms with Gasteiger partial charge in [0.2, 0.25) is 11.8 Å². The first kappa shape index (κ1) is 17.7. The van der Waals surface area contributed by atoms with E-state index >= 15 is 0 Å². The highest BCUT2D eigenvalue weighted by Gasteiger charge is 2.28. The second-order valence-corrected chi connectivity index (χ2v) is 6.89. The van der Waals surface area contributed by atoms with E-state index in [1.807, 2.05) is 0 Å². The fourth-order valence-corrected chi connectivity index (χ4v) is 3.65. The number of para-hydroxylation sites is 2. The Morgan fingerprint density at radius 3 is 2.84 bits per heavy atom. The minimum absolute atomic E-state index is 0.0962. The van der Waals surface area contributed by atoms with Crippen LogP contribution >= 0.6 is 11.8 Å². The van der Waals surface area contributed by atoms with Crippen molar-refractivity contribution in [2.24, 2.45) is 11.7 Å². The number of likely N-dealkylation sites (tertiary alicyclic amines) is 1. The zero-order valence-electron chi connectivity index (χ0n) is 13.4. The van der Waals surface area contributed by atoms with Gasteiger partial charge in [-0.15, -0.1) is 0 Å². The number of aromatic nitrogens is 2. The smallest absolute Gasteiger partial charge is 0.291 e. The van der Waals surface area contributed by atoms with Gasteiger partial charge in [0.25, 0.3) is 5.76 Å². The summed E-state index contributed by atoms with van der Waals surface area (Å²) in [6.07, 6.45) is 1.36. The highest BCUT2D eigenvalue weighted by molar-refractivity contribution is 7.99. The van der Waals surface area contributed by atoms with E-state index in [2.05, 4.69) is 4.98 Å². The summed E-state index contributed by atoms with van der Waals surface area (Å²) in [6.45, 7) is 0.714. The number of hydrogen-bond donors (Lipinski definition) is 1. The van der Waals surface area contributed by atoms with E-state index in [0.717, 1.165) is 0 Å². The third-order valence-corrected chi connectivity index (χ3v) is 4.98. The molecule has 1 unspecified atom stereocenters. The number of alkyl halides is 2. The molecule has 0 bridgehead atoms. The molecule has 2 heterocycles. The minimum atomic E-state index is -2.63. The van der Waals surface area contributed by atoms with E-state index in [0.29, 0.717) is 42.2 Å². The Balaban J connectivity index is 1.83. The maximum absolute atomic E-state index is 12.8. The number of benzene rings is 1. The van der Waals surface area contributed by atoms with Gasteiger partial charge in [-0.2, -0.15) is 8.78 Å². The molecule has 6 nitrogen and oxygen atoms in total. The molecule has 2 amide bonds. The Morgan fingerprint density at radius 2 is 2.12 bits per heavy atom. The zero-order chi connectivity index (χ0) is 18.0. The van der Waals surface area contributed by atoms with Crippen molar-refractivity contribution in [3.05, 3.63) is 24.3 Å². The van der Waals surface area contributed by atoms with E-state index in [-0.39, 0.29) is 30.1 Å². The highest BCUT2D eigenvalue weighted by atomic mass is 32.2. The summed E-state index contributed by atoms with van der Waals surface area (Å²) in [7, 11) is 0. The average molecular weight is 368 g/mol. The molecule has 1 aromatic heterocycles. The number of rotatable bonds is 5. The molecule has 1 aliphatic heterocycles. The number of nitrogens with two attached hydrogens (primary N) is 1. The van der Waals surface area contributed by atoms with Crippen LogP contribution in [0.25, 0.3) is 11.0 Å². The Kier molecular flexibility index (Phi) is 5.22. The van der Waals surface area contributed by atoms with Crippen molar-refractivity contribution in [2.45, 2.75) is 30.3 Å². The van der Waals surface area contributed by atoms with Gasteiger partial charge in [0.15, 0.2) is 5.16 Å². The fourth-order valence-electron chi connectivity index (χ4n) is 3.05. The number of primary amides is 1. The molecule has 9 heteroatoms. The van der Waals surface area contributed by atoms with Crippen molar-refractivity contribution in [1.29, 1.82) is 0 Å². The second kappa shape index (κ2) is 7.38.